The summed E-state index contributed by atoms with van der Waals surface area (Å²) in [7, 11) is 14.5. The van der Waals surface area contributed by atoms with Crippen molar-refractivity contribution in [2.24, 2.45) is 0 Å². The van der Waals surface area contributed by atoms with Crippen LogP contribution < -0.4 is 13.6 Å². The van der Waals surface area contributed by atoms with E-state index >= 15 is 0 Å². The van der Waals surface area contributed by atoms with Crippen molar-refractivity contribution >= 4 is 46.3 Å². The molecule has 0 spiro atoms. The van der Waals surface area contributed by atoms with E-state index in [0.29, 0.717) is 23.1 Å². The minimum atomic E-state index is -4.96. The number of hydrogen-bond donors (Lipinski definition) is 0. The first kappa shape index (κ1) is 32.8. The average molecular weight is 755 g/mol. The van der Waals surface area contributed by atoms with Gasteiger partial charge < -0.3 is 0 Å². The molecule has 1 heterocycles. The Morgan fingerprint density at radius 3 is 2.00 bits per heavy atom. The second-order valence-corrected chi connectivity index (χ2v) is 28.7. The topological polar surface area (TPSA) is 0 Å². The monoisotopic (exact) mass is 752 g/mol. The van der Waals surface area contributed by atoms with E-state index in [1.165, 1.54) is 15.9 Å². The summed E-state index contributed by atoms with van der Waals surface area (Å²) in [5.41, 5.74) is 2.31. The molecule has 4 aromatic rings. The molecule has 10 heteroatoms. The van der Waals surface area contributed by atoms with Crippen LogP contribution in [0.15, 0.2) is 78.4 Å². The van der Waals surface area contributed by atoms with E-state index in [4.69, 9.17) is 17.0 Å². The summed E-state index contributed by atoms with van der Waals surface area (Å²) in [4.78, 5) is 0. The zero-order valence-corrected chi connectivity index (χ0v) is 30.4. The van der Waals surface area contributed by atoms with Gasteiger partial charge in [-0.3, -0.25) is 0 Å². The van der Waals surface area contributed by atoms with Gasteiger partial charge in [-0.05, 0) is 0 Å². The first-order valence-corrected chi connectivity index (χ1v) is 25.1. The van der Waals surface area contributed by atoms with E-state index in [0.717, 1.165) is 32.1 Å². The molecule has 0 saturated carbocycles. The third-order valence-electron chi connectivity index (χ3n) is 8.96. The Hall–Kier alpha value is -2.12. The molecule has 2 aliphatic rings. The first-order chi connectivity index (χ1) is 20.9. The molecule has 1 aliphatic carbocycles. The van der Waals surface area contributed by atoms with Crippen molar-refractivity contribution in [3.05, 3.63) is 106 Å². The van der Waals surface area contributed by atoms with Crippen LogP contribution in [0.2, 0.25) is 0 Å². The van der Waals surface area contributed by atoms with Crippen molar-refractivity contribution in [3.63, 3.8) is 0 Å². The normalized spacial score (nSPS) is 16.9. The molecule has 6 rings (SSSR count). The summed E-state index contributed by atoms with van der Waals surface area (Å²) in [6.45, 7) is 7.68. The molecule has 0 nitrogen and oxygen atoms in total. The molecule has 234 valence electrons. The standard InChI is InChI=1S/C23H21F6.C12H9Si.2ClH.Zr/c1-5-13-8-14-6-7-19(21(2,3)4)20(18(14)9-13)15-10-16(22(24,25)26)12-17(11-15)23(27,28)29;1-3-7-11-9(5-1)10-6-2-4-8-12(10)13-11;;;/h6-12H,5H2,1-4H3;1-7H,13H2;2*1H;/q;;;;+2/p-2. The summed E-state index contributed by atoms with van der Waals surface area (Å²) >= 11 is -4.39. The van der Waals surface area contributed by atoms with Gasteiger partial charge in [-0.15, -0.1) is 0 Å². The number of benzene rings is 4. The van der Waals surface area contributed by atoms with Gasteiger partial charge in [0, 0.05) is 0 Å². The first-order valence-electron chi connectivity index (χ1n) is 14.7. The zero-order chi connectivity index (χ0) is 32.7. The molecule has 0 radical (unpaired) electrons. The van der Waals surface area contributed by atoms with Gasteiger partial charge in [0.1, 0.15) is 0 Å². The molecule has 0 N–H and O–H groups in total. The SMILES string of the molecule is CCC1=Cc2c(ccc(C(C)(C)C)c2-c2cc(C(F)(F)F)cc(C(F)(F)F)c2)[CH]1[Zr]([Cl])([Cl])[c]1cccc2c1[SiH2]c1ccccc1-2. The van der Waals surface area contributed by atoms with Gasteiger partial charge >= 0.3 is 274 Å². The zero-order valence-electron chi connectivity index (χ0n) is 25.0. The minimum absolute atomic E-state index is 0.125. The van der Waals surface area contributed by atoms with Gasteiger partial charge in [0.15, 0.2) is 0 Å². The maximum absolute atomic E-state index is 14.0. The second-order valence-electron chi connectivity index (χ2n) is 12.8. The van der Waals surface area contributed by atoms with Crippen LogP contribution in [0.3, 0.4) is 0 Å². The van der Waals surface area contributed by atoms with Crippen LogP contribution in [0.25, 0.3) is 28.3 Å². The van der Waals surface area contributed by atoms with E-state index < -0.39 is 56.3 Å². The molecule has 45 heavy (non-hydrogen) atoms. The molecule has 0 fully saturated rings. The molecule has 0 aromatic heterocycles. The van der Waals surface area contributed by atoms with E-state index in [-0.39, 0.29) is 15.3 Å². The number of rotatable bonds is 4. The molecule has 1 atom stereocenters. The Bertz CT molecular complexity index is 1840. The molecular weight excluding hydrogens is 725 g/mol. The number of alkyl halides is 6. The van der Waals surface area contributed by atoms with Crippen LogP contribution in [-0.4, -0.2) is 9.52 Å². The molecule has 4 aromatic carbocycles. The van der Waals surface area contributed by atoms with E-state index in [1.54, 1.807) is 0 Å². The molecule has 0 bridgehead atoms. The number of allylic oxidation sites excluding steroid dienone is 1. The van der Waals surface area contributed by atoms with Crippen molar-refractivity contribution < 1.29 is 44.2 Å². The average Bonchev–Trinajstić information content (AvgIpc) is 3.53. The van der Waals surface area contributed by atoms with Gasteiger partial charge in [0.05, 0.1) is 0 Å². The van der Waals surface area contributed by atoms with Gasteiger partial charge in [-0.2, -0.15) is 0 Å². The van der Waals surface area contributed by atoms with Crippen LogP contribution in [0.1, 0.15) is 65.6 Å². The summed E-state index contributed by atoms with van der Waals surface area (Å²) in [6, 6.07) is 20.1. The van der Waals surface area contributed by atoms with Crippen LogP contribution in [0.5, 0.6) is 0 Å². The predicted molar refractivity (Wildman–Crippen MR) is 173 cm³/mol. The van der Waals surface area contributed by atoms with Gasteiger partial charge in [0.2, 0.25) is 0 Å². The van der Waals surface area contributed by atoms with Crippen LogP contribution in [0, 0.1) is 0 Å². The number of halogens is 8. The maximum atomic E-state index is 14.0. The Kier molecular flexibility index (Phi) is 8.20. The third-order valence-corrected chi connectivity index (χ3v) is 23.3. The van der Waals surface area contributed by atoms with Gasteiger partial charge in [-0.25, -0.2) is 0 Å². The summed E-state index contributed by atoms with van der Waals surface area (Å²) in [5.74, 6) is 0. The Labute approximate surface area is 272 Å². The second kappa shape index (κ2) is 11.2. The summed E-state index contributed by atoms with van der Waals surface area (Å²) < 4.78 is 84.6. The fourth-order valence-electron chi connectivity index (χ4n) is 6.91. The van der Waals surface area contributed by atoms with Crippen molar-refractivity contribution in [2.75, 3.05) is 0 Å². The number of fused-ring (bicyclic) bond motifs is 4. The van der Waals surface area contributed by atoms with E-state index in [1.807, 2.05) is 70.2 Å². The van der Waals surface area contributed by atoms with Crippen molar-refractivity contribution in [3.8, 4) is 22.3 Å². The summed E-state index contributed by atoms with van der Waals surface area (Å²) in [5, 5.41) is 2.57. The van der Waals surface area contributed by atoms with Crippen LogP contribution in [0.4, 0.5) is 26.3 Å². The Morgan fingerprint density at radius 2 is 1.40 bits per heavy atom. The van der Waals surface area contributed by atoms with Crippen LogP contribution >= 0.6 is 17.0 Å². The van der Waals surface area contributed by atoms with Crippen molar-refractivity contribution in [1.82, 2.24) is 0 Å². The van der Waals surface area contributed by atoms with Crippen LogP contribution in [-0.2, 0) is 35.6 Å². The Balaban J connectivity index is 1.59. The molecule has 0 saturated heterocycles. The molecule has 0 amide bonds. The molecular formula is C35H30Cl2F6SiZr. The van der Waals surface area contributed by atoms with Crippen molar-refractivity contribution in [1.29, 1.82) is 0 Å². The molecule has 1 aliphatic heterocycles. The third kappa shape index (κ3) is 5.72. The fraction of sp³-hybridized carbons (Fsp3) is 0.257. The Morgan fingerprint density at radius 1 is 0.778 bits per heavy atom. The summed E-state index contributed by atoms with van der Waals surface area (Å²) in [6.07, 6.45) is -7.42. The van der Waals surface area contributed by atoms with Gasteiger partial charge in [-0.1, -0.05) is 0 Å². The van der Waals surface area contributed by atoms with Crippen molar-refractivity contribution in [2.45, 2.75) is 55.5 Å². The fourth-order valence-corrected chi connectivity index (χ4v) is 23.9. The molecule has 1 unspecified atom stereocenters. The quantitative estimate of drug-likeness (QED) is 0.127. The predicted octanol–water partition coefficient (Wildman–Crippen LogP) is 9.42. The van der Waals surface area contributed by atoms with E-state index in [9.17, 15) is 26.3 Å². The number of hydrogen-bond acceptors (Lipinski definition) is 0. The van der Waals surface area contributed by atoms with Gasteiger partial charge in [0.25, 0.3) is 0 Å². The van der Waals surface area contributed by atoms with E-state index in [2.05, 4.69) is 18.2 Å².